The monoisotopic (exact) mass is 395 g/mol. The first-order valence-electron chi connectivity index (χ1n) is 10.7. The average Bonchev–Trinajstić information content (AvgIpc) is 2.78. The zero-order valence-corrected chi connectivity index (χ0v) is 17.9. The average molecular weight is 396 g/mol. The molecule has 0 amide bonds. The van der Waals surface area contributed by atoms with Crippen LogP contribution in [0, 0.1) is 11.8 Å². The van der Waals surface area contributed by atoms with E-state index in [1.165, 1.54) is 5.56 Å². The molecule has 0 aromatic heterocycles. The van der Waals surface area contributed by atoms with Gasteiger partial charge in [-0.05, 0) is 61.9 Å². The van der Waals surface area contributed by atoms with Crippen LogP contribution < -0.4 is 9.47 Å². The van der Waals surface area contributed by atoms with E-state index in [1.54, 1.807) is 14.2 Å². The molecule has 0 spiro atoms. The molecule has 0 bridgehead atoms. The summed E-state index contributed by atoms with van der Waals surface area (Å²) in [6.45, 7) is 5.40. The van der Waals surface area contributed by atoms with Gasteiger partial charge in [-0.1, -0.05) is 37.3 Å². The molecular weight excluding hydrogens is 362 g/mol. The maximum absolute atomic E-state index is 13.0. The molecule has 0 N–H and O–H groups in total. The summed E-state index contributed by atoms with van der Waals surface area (Å²) in [6.07, 6.45) is 4.19. The van der Waals surface area contributed by atoms with E-state index in [0.717, 1.165) is 50.9 Å². The largest absolute Gasteiger partial charge is 0.493 e. The molecule has 0 heterocycles. The highest BCUT2D eigenvalue weighted by molar-refractivity contribution is 5.98. The Balaban J connectivity index is 1.53. The van der Waals surface area contributed by atoms with Crippen molar-refractivity contribution in [2.75, 3.05) is 27.3 Å². The van der Waals surface area contributed by atoms with E-state index < -0.39 is 0 Å². The highest BCUT2D eigenvalue weighted by Crippen LogP contribution is 2.34. The van der Waals surface area contributed by atoms with E-state index in [-0.39, 0.29) is 11.7 Å². The smallest absolute Gasteiger partial charge is 0.166 e. The van der Waals surface area contributed by atoms with Crippen molar-refractivity contribution < 1.29 is 14.3 Å². The SMILES string of the molecule is CCN(Cc1ccccc1)CC1CCC(C(=O)c2ccc(OC)c(OC)c2)CC1. The third-order valence-corrected chi connectivity index (χ3v) is 6.10. The first-order chi connectivity index (χ1) is 14.1. The van der Waals surface area contributed by atoms with Crippen molar-refractivity contribution in [3.8, 4) is 11.5 Å². The Kier molecular flexibility index (Phi) is 7.70. The number of benzene rings is 2. The van der Waals surface area contributed by atoms with Gasteiger partial charge in [0.1, 0.15) is 0 Å². The summed E-state index contributed by atoms with van der Waals surface area (Å²) in [5.74, 6) is 2.31. The molecular formula is C25H33NO3. The van der Waals surface area contributed by atoms with Crippen LogP contribution in [0.3, 0.4) is 0 Å². The maximum atomic E-state index is 13.0. The number of methoxy groups -OCH3 is 2. The summed E-state index contributed by atoms with van der Waals surface area (Å²) in [5.41, 5.74) is 2.09. The van der Waals surface area contributed by atoms with Crippen molar-refractivity contribution in [1.82, 2.24) is 4.90 Å². The summed E-state index contributed by atoms with van der Waals surface area (Å²) in [4.78, 5) is 15.5. The second-order valence-electron chi connectivity index (χ2n) is 7.96. The third-order valence-electron chi connectivity index (χ3n) is 6.10. The minimum Gasteiger partial charge on any atom is -0.493 e. The van der Waals surface area contributed by atoms with Crippen LogP contribution in [0.4, 0.5) is 0 Å². The molecule has 2 aromatic rings. The second kappa shape index (κ2) is 10.4. The molecule has 1 aliphatic carbocycles. The number of rotatable bonds is 9. The lowest BCUT2D eigenvalue weighted by Crippen LogP contribution is -2.32. The van der Waals surface area contributed by atoms with Crippen LogP contribution in [0.1, 0.15) is 48.5 Å². The van der Waals surface area contributed by atoms with Crippen molar-refractivity contribution >= 4 is 5.78 Å². The van der Waals surface area contributed by atoms with Crippen LogP contribution in [0.15, 0.2) is 48.5 Å². The predicted molar refractivity (Wildman–Crippen MR) is 117 cm³/mol. The highest BCUT2D eigenvalue weighted by Gasteiger charge is 2.28. The molecule has 1 aliphatic rings. The Bertz CT molecular complexity index is 782. The van der Waals surface area contributed by atoms with Gasteiger partial charge in [0, 0.05) is 24.6 Å². The molecule has 0 radical (unpaired) electrons. The van der Waals surface area contributed by atoms with Crippen LogP contribution in [-0.4, -0.2) is 38.0 Å². The van der Waals surface area contributed by atoms with Gasteiger partial charge in [-0.3, -0.25) is 9.69 Å². The van der Waals surface area contributed by atoms with Crippen molar-refractivity contribution in [2.45, 2.75) is 39.2 Å². The van der Waals surface area contributed by atoms with E-state index in [0.29, 0.717) is 17.4 Å². The van der Waals surface area contributed by atoms with Crippen LogP contribution in [0.25, 0.3) is 0 Å². The van der Waals surface area contributed by atoms with E-state index >= 15 is 0 Å². The molecule has 0 saturated heterocycles. The molecule has 1 saturated carbocycles. The van der Waals surface area contributed by atoms with Crippen molar-refractivity contribution in [3.05, 3.63) is 59.7 Å². The van der Waals surface area contributed by atoms with Gasteiger partial charge in [-0.15, -0.1) is 0 Å². The van der Waals surface area contributed by atoms with Crippen LogP contribution in [-0.2, 0) is 6.54 Å². The Morgan fingerprint density at radius 2 is 1.66 bits per heavy atom. The van der Waals surface area contributed by atoms with Crippen molar-refractivity contribution in [1.29, 1.82) is 0 Å². The van der Waals surface area contributed by atoms with E-state index in [9.17, 15) is 4.79 Å². The number of carbonyl (C=O) groups is 1. The fraction of sp³-hybridized carbons (Fsp3) is 0.480. The summed E-state index contributed by atoms with van der Waals surface area (Å²) < 4.78 is 10.6. The molecule has 0 unspecified atom stereocenters. The quantitative estimate of drug-likeness (QED) is 0.546. The van der Waals surface area contributed by atoms with Gasteiger partial charge >= 0.3 is 0 Å². The number of nitrogens with zero attached hydrogens (tertiary/aromatic N) is 1. The molecule has 0 aliphatic heterocycles. The number of carbonyl (C=O) groups excluding carboxylic acids is 1. The fourth-order valence-corrected chi connectivity index (χ4v) is 4.34. The lowest BCUT2D eigenvalue weighted by molar-refractivity contribution is 0.0856. The van der Waals surface area contributed by atoms with Gasteiger partial charge < -0.3 is 9.47 Å². The summed E-state index contributed by atoms with van der Waals surface area (Å²) in [5, 5.41) is 0. The fourth-order valence-electron chi connectivity index (χ4n) is 4.34. The number of Topliss-reactive ketones (excluding diaryl/α,β-unsaturated/α-hetero) is 1. The zero-order chi connectivity index (χ0) is 20.6. The molecule has 0 atom stereocenters. The minimum absolute atomic E-state index is 0.119. The summed E-state index contributed by atoms with van der Waals surface area (Å²) in [7, 11) is 3.21. The first kappa shape index (κ1) is 21.4. The minimum atomic E-state index is 0.119. The van der Waals surface area contributed by atoms with Gasteiger partial charge in [-0.25, -0.2) is 0 Å². The van der Waals surface area contributed by atoms with Gasteiger partial charge in [0.25, 0.3) is 0 Å². The summed E-state index contributed by atoms with van der Waals surface area (Å²) >= 11 is 0. The molecule has 3 rings (SSSR count). The van der Waals surface area contributed by atoms with Gasteiger partial charge in [0.15, 0.2) is 17.3 Å². The van der Waals surface area contributed by atoms with Crippen molar-refractivity contribution in [3.63, 3.8) is 0 Å². The third kappa shape index (κ3) is 5.60. The molecule has 29 heavy (non-hydrogen) atoms. The predicted octanol–water partition coefficient (Wildman–Crippen LogP) is 5.22. The van der Waals surface area contributed by atoms with E-state index in [4.69, 9.17) is 9.47 Å². The highest BCUT2D eigenvalue weighted by atomic mass is 16.5. The molecule has 156 valence electrons. The van der Waals surface area contributed by atoms with Crippen LogP contribution in [0.5, 0.6) is 11.5 Å². The molecule has 4 nitrogen and oxygen atoms in total. The Labute approximate surface area is 174 Å². The van der Waals surface area contributed by atoms with Gasteiger partial charge in [0.2, 0.25) is 0 Å². The lowest BCUT2D eigenvalue weighted by Gasteiger charge is -2.32. The lowest BCUT2D eigenvalue weighted by atomic mass is 9.78. The number of ketones is 1. The Hall–Kier alpha value is -2.33. The first-order valence-corrected chi connectivity index (χ1v) is 10.7. The Morgan fingerprint density at radius 3 is 2.28 bits per heavy atom. The Morgan fingerprint density at radius 1 is 0.966 bits per heavy atom. The summed E-state index contributed by atoms with van der Waals surface area (Å²) in [6, 6.07) is 16.2. The van der Waals surface area contributed by atoms with Gasteiger partial charge in [0.05, 0.1) is 14.2 Å². The van der Waals surface area contributed by atoms with Crippen LogP contribution >= 0.6 is 0 Å². The molecule has 4 heteroatoms. The zero-order valence-electron chi connectivity index (χ0n) is 17.9. The van der Waals surface area contributed by atoms with Crippen molar-refractivity contribution in [2.24, 2.45) is 11.8 Å². The number of hydrogen-bond donors (Lipinski definition) is 0. The van der Waals surface area contributed by atoms with Gasteiger partial charge in [-0.2, -0.15) is 0 Å². The second-order valence-corrected chi connectivity index (χ2v) is 7.96. The number of ether oxygens (including phenoxy) is 2. The standard InChI is InChI=1S/C25H33NO3/c1-4-26(17-19-8-6-5-7-9-19)18-20-10-12-21(13-11-20)25(27)22-14-15-23(28-2)24(16-22)29-3/h5-9,14-16,20-21H,4,10-13,17-18H2,1-3H3. The maximum Gasteiger partial charge on any atom is 0.166 e. The molecule has 2 aromatic carbocycles. The van der Waals surface area contributed by atoms with Crippen LogP contribution in [0.2, 0.25) is 0 Å². The normalized spacial score (nSPS) is 19.2. The van der Waals surface area contributed by atoms with E-state index in [1.807, 2.05) is 18.2 Å². The van der Waals surface area contributed by atoms with E-state index in [2.05, 4.69) is 42.2 Å². The topological polar surface area (TPSA) is 38.8 Å². The number of hydrogen-bond acceptors (Lipinski definition) is 4. The molecule has 1 fully saturated rings.